The molecule has 1 unspecified atom stereocenters. The van der Waals surface area contributed by atoms with Crippen LogP contribution in [-0.4, -0.2) is 28.5 Å². The maximum Gasteiger partial charge on any atom is 0.303 e. The Kier molecular flexibility index (Phi) is 5.29. The number of aliphatic carboxylic acids is 1. The molecule has 0 aliphatic rings. The number of amides is 1. The van der Waals surface area contributed by atoms with E-state index in [1.165, 1.54) is 6.07 Å². The number of aromatic amines is 1. The third-order valence-corrected chi connectivity index (χ3v) is 2.89. The average molecular weight is 266 g/mol. The number of aromatic nitrogens is 1. The summed E-state index contributed by atoms with van der Waals surface area (Å²) in [5, 5.41) is 11.3. The molecule has 0 saturated heterocycles. The molecule has 0 fully saturated rings. The number of nitrogens with one attached hydrogen (secondary N) is 2. The van der Waals surface area contributed by atoms with E-state index in [1.807, 2.05) is 6.92 Å². The number of rotatable bonds is 6. The van der Waals surface area contributed by atoms with Crippen LogP contribution >= 0.6 is 0 Å². The minimum Gasteiger partial charge on any atom is -0.481 e. The van der Waals surface area contributed by atoms with Gasteiger partial charge < -0.3 is 15.4 Å². The second kappa shape index (κ2) is 6.72. The zero-order valence-corrected chi connectivity index (χ0v) is 11.0. The van der Waals surface area contributed by atoms with Crippen molar-refractivity contribution in [1.82, 2.24) is 10.3 Å². The van der Waals surface area contributed by atoms with Gasteiger partial charge in [-0.25, -0.2) is 0 Å². The Hall–Kier alpha value is -2.11. The van der Waals surface area contributed by atoms with Crippen LogP contribution in [0.3, 0.4) is 0 Å². The highest BCUT2D eigenvalue weighted by molar-refractivity contribution is 5.93. The summed E-state index contributed by atoms with van der Waals surface area (Å²) in [6.45, 7) is 3.83. The van der Waals surface area contributed by atoms with Crippen molar-refractivity contribution >= 4 is 11.9 Å². The number of pyridine rings is 1. The molecule has 0 aliphatic carbocycles. The molecule has 3 N–H and O–H groups in total. The van der Waals surface area contributed by atoms with Gasteiger partial charge in [0, 0.05) is 18.7 Å². The highest BCUT2D eigenvalue weighted by Gasteiger charge is 2.15. The third-order valence-electron chi connectivity index (χ3n) is 2.89. The second-order valence-corrected chi connectivity index (χ2v) is 4.47. The van der Waals surface area contributed by atoms with Gasteiger partial charge in [-0.15, -0.1) is 0 Å². The van der Waals surface area contributed by atoms with Crippen LogP contribution in [0.4, 0.5) is 0 Å². The average Bonchev–Trinajstić information content (AvgIpc) is 2.33. The van der Waals surface area contributed by atoms with Crippen molar-refractivity contribution in [2.45, 2.75) is 26.7 Å². The van der Waals surface area contributed by atoms with Gasteiger partial charge in [-0.3, -0.25) is 14.4 Å². The summed E-state index contributed by atoms with van der Waals surface area (Å²) in [7, 11) is 0. The number of H-pyrrole nitrogens is 1. The van der Waals surface area contributed by atoms with E-state index >= 15 is 0 Å². The SMILES string of the molecule is CCC(CNC(=O)c1ccc(C)[nH]c1=O)CC(=O)O. The summed E-state index contributed by atoms with van der Waals surface area (Å²) in [6, 6.07) is 3.10. The molecule has 1 amide bonds. The maximum absolute atomic E-state index is 11.8. The van der Waals surface area contributed by atoms with E-state index in [-0.39, 0.29) is 24.4 Å². The standard InChI is InChI=1S/C13H18N2O4/c1-3-9(6-11(16)17)7-14-12(18)10-5-4-8(2)15-13(10)19/h4-5,9H,3,6-7H2,1-2H3,(H,14,18)(H,15,19)(H,16,17). The first-order valence-corrected chi connectivity index (χ1v) is 6.14. The molecule has 1 aromatic rings. The fourth-order valence-electron chi connectivity index (χ4n) is 1.69. The zero-order chi connectivity index (χ0) is 14.4. The van der Waals surface area contributed by atoms with E-state index in [2.05, 4.69) is 10.3 Å². The van der Waals surface area contributed by atoms with E-state index in [1.54, 1.807) is 13.0 Å². The molecule has 1 rings (SSSR count). The number of carboxylic acid groups (broad SMARTS) is 1. The monoisotopic (exact) mass is 266 g/mol. The lowest BCUT2D eigenvalue weighted by atomic mass is 10.0. The lowest BCUT2D eigenvalue weighted by molar-refractivity contribution is -0.138. The van der Waals surface area contributed by atoms with Gasteiger partial charge in [-0.2, -0.15) is 0 Å². The summed E-state index contributed by atoms with van der Waals surface area (Å²) in [4.78, 5) is 36.5. The summed E-state index contributed by atoms with van der Waals surface area (Å²) in [5.74, 6) is -1.51. The molecule has 104 valence electrons. The van der Waals surface area contributed by atoms with Crippen LogP contribution < -0.4 is 10.9 Å². The van der Waals surface area contributed by atoms with Crippen LogP contribution in [0.1, 0.15) is 35.8 Å². The maximum atomic E-state index is 11.8. The number of aryl methyl sites for hydroxylation is 1. The molecule has 0 bridgehead atoms. The molecular weight excluding hydrogens is 248 g/mol. The fourth-order valence-corrected chi connectivity index (χ4v) is 1.69. The van der Waals surface area contributed by atoms with Crippen LogP contribution in [0.25, 0.3) is 0 Å². The number of carbonyl (C=O) groups excluding carboxylic acids is 1. The van der Waals surface area contributed by atoms with E-state index < -0.39 is 17.4 Å². The number of carbonyl (C=O) groups is 2. The van der Waals surface area contributed by atoms with Crippen LogP contribution in [0.2, 0.25) is 0 Å². The topological polar surface area (TPSA) is 99.3 Å². The van der Waals surface area contributed by atoms with Gasteiger partial charge in [0.2, 0.25) is 0 Å². The van der Waals surface area contributed by atoms with E-state index in [4.69, 9.17) is 5.11 Å². The van der Waals surface area contributed by atoms with Gasteiger partial charge >= 0.3 is 5.97 Å². The van der Waals surface area contributed by atoms with Gasteiger partial charge in [0.05, 0.1) is 0 Å². The van der Waals surface area contributed by atoms with Crippen LogP contribution in [0.5, 0.6) is 0 Å². The molecule has 0 radical (unpaired) electrons. The molecule has 6 nitrogen and oxygen atoms in total. The smallest absolute Gasteiger partial charge is 0.303 e. The Bertz CT molecular complexity index is 522. The quantitative estimate of drug-likeness (QED) is 0.712. The van der Waals surface area contributed by atoms with Crippen molar-refractivity contribution in [2.75, 3.05) is 6.54 Å². The second-order valence-electron chi connectivity index (χ2n) is 4.47. The van der Waals surface area contributed by atoms with Gasteiger partial charge in [0.25, 0.3) is 11.5 Å². The highest BCUT2D eigenvalue weighted by Crippen LogP contribution is 2.06. The lowest BCUT2D eigenvalue weighted by Gasteiger charge is -2.13. The minimum atomic E-state index is -0.894. The molecule has 6 heteroatoms. The molecule has 0 saturated carbocycles. The first-order chi connectivity index (χ1) is 8.93. The Morgan fingerprint density at radius 3 is 2.63 bits per heavy atom. The summed E-state index contributed by atoms with van der Waals surface area (Å²) < 4.78 is 0. The van der Waals surface area contributed by atoms with E-state index in [0.717, 1.165) is 0 Å². The minimum absolute atomic E-state index is 0.00103. The summed E-state index contributed by atoms with van der Waals surface area (Å²) >= 11 is 0. The number of hydrogen-bond donors (Lipinski definition) is 3. The molecule has 1 aromatic heterocycles. The van der Waals surface area contributed by atoms with Crippen LogP contribution in [0, 0.1) is 12.8 Å². The van der Waals surface area contributed by atoms with Crippen molar-refractivity contribution in [3.63, 3.8) is 0 Å². The predicted molar refractivity (Wildman–Crippen MR) is 70.2 cm³/mol. The zero-order valence-electron chi connectivity index (χ0n) is 11.0. The Morgan fingerprint density at radius 1 is 1.42 bits per heavy atom. The first-order valence-electron chi connectivity index (χ1n) is 6.14. The molecular formula is C13H18N2O4. The van der Waals surface area contributed by atoms with Gasteiger partial charge in [-0.1, -0.05) is 13.3 Å². The molecule has 0 aliphatic heterocycles. The molecule has 19 heavy (non-hydrogen) atoms. The third kappa shape index (κ3) is 4.57. The largest absolute Gasteiger partial charge is 0.481 e. The van der Waals surface area contributed by atoms with Crippen LogP contribution in [0.15, 0.2) is 16.9 Å². The van der Waals surface area contributed by atoms with Crippen molar-refractivity contribution in [3.05, 3.63) is 33.7 Å². The van der Waals surface area contributed by atoms with Crippen molar-refractivity contribution < 1.29 is 14.7 Å². The van der Waals surface area contributed by atoms with E-state index in [9.17, 15) is 14.4 Å². The molecule has 1 atom stereocenters. The molecule has 0 aromatic carbocycles. The van der Waals surface area contributed by atoms with Crippen LogP contribution in [-0.2, 0) is 4.79 Å². The summed E-state index contributed by atoms with van der Waals surface area (Å²) in [5.41, 5.74) is 0.276. The van der Waals surface area contributed by atoms with Crippen molar-refractivity contribution in [2.24, 2.45) is 5.92 Å². The molecule has 1 heterocycles. The highest BCUT2D eigenvalue weighted by atomic mass is 16.4. The Balaban J connectivity index is 2.64. The number of hydrogen-bond acceptors (Lipinski definition) is 3. The Morgan fingerprint density at radius 2 is 2.11 bits per heavy atom. The fraction of sp³-hybridized carbons (Fsp3) is 0.462. The van der Waals surface area contributed by atoms with Gasteiger partial charge in [-0.05, 0) is 25.0 Å². The lowest BCUT2D eigenvalue weighted by Crippen LogP contribution is -2.33. The van der Waals surface area contributed by atoms with Crippen molar-refractivity contribution in [1.29, 1.82) is 0 Å². The number of carboxylic acids is 1. The molecule has 0 spiro atoms. The van der Waals surface area contributed by atoms with E-state index in [0.29, 0.717) is 12.1 Å². The Labute approximate surface area is 110 Å². The normalized spacial score (nSPS) is 11.9. The van der Waals surface area contributed by atoms with Gasteiger partial charge in [0.15, 0.2) is 0 Å². The van der Waals surface area contributed by atoms with Crippen molar-refractivity contribution in [3.8, 4) is 0 Å². The summed E-state index contributed by atoms with van der Waals surface area (Å²) in [6.07, 6.45) is 0.651. The first kappa shape index (κ1) is 14.9. The van der Waals surface area contributed by atoms with Gasteiger partial charge in [0.1, 0.15) is 5.56 Å². The predicted octanol–water partition coefficient (Wildman–Crippen LogP) is 0.914.